The average Bonchev–Trinajstić information content (AvgIpc) is 3.40. The van der Waals surface area contributed by atoms with Gasteiger partial charge in [-0.3, -0.25) is 4.79 Å². The van der Waals surface area contributed by atoms with Crippen molar-refractivity contribution in [1.29, 1.82) is 0 Å². The quantitative estimate of drug-likeness (QED) is 0.484. The molecule has 1 amide bonds. The van der Waals surface area contributed by atoms with Crippen LogP contribution in [-0.2, 0) is 17.8 Å². The fraction of sp³-hybridized carbons (Fsp3) is 0.467. The molecular weight excluding hydrogens is 527 g/mol. The third-order valence-electron chi connectivity index (χ3n) is 8.67. The summed E-state index contributed by atoms with van der Waals surface area (Å²) in [5.74, 6) is 1.11. The van der Waals surface area contributed by atoms with Crippen molar-refractivity contribution in [2.24, 2.45) is 5.41 Å². The number of carbonyl (C=O) groups is 1. The Hall–Kier alpha value is -3.83. The Morgan fingerprint density at radius 1 is 1.10 bits per heavy atom. The summed E-state index contributed by atoms with van der Waals surface area (Å²) in [5.41, 5.74) is 2.88. The molecule has 1 spiro atoms. The molecule has 2 atom stereocenters. The van der Waals surface area contributed by atoms with Crippen molar-refractivity contribution < 1.29 is 23.4 Å². The van der Waals surface area contributed by atoms with Gasteiger partial charge in [0.05, 0.1) is 30.9 Å². The monoisotopic (exact) mass is 560 g/mol. The smallest absolute Gasteiger partial charge is 0.282 e. The van der Waals surface area contributed by atoms with Gasteiger partial charge in [-0.1, -0.05) is 12.1 Å². The summed E-state index contributed by atoms with van der Waals surface area (Å²) < 4.78 is 32.4. The average molecular weight is 561 g/mol. The van der Waals surface area contributed by atoms with Gasteiger partial charge in [0.25, 0.3) is 11.8 Å². The molecule has 3 aliphatic heterocycles. The van der Waals surface area contributed by atoms with Crippen molar-refractivity contribution in [3.8, 4) is 17.4 Å². The molecule has 4 heterocycles. The van der Waals surface area contributed by atoms with E-state index in [0.29, 0.717) is 19.0 Å². The summed E-state index contributed by atoms with van der Waals surface area (Å²) in [6.45, 7) is 8.02. The van der Waals surface area contributed by atoms with Crippen LogP contribution in [0.1, 0.15) is 48.2 Å². The first-order valence-electron chi connectivity index (χ1n) is 14.2. The summed E-state index contributed by atoms with van der Waals surface area (Å²) in [5, 5.41) is 11.5. The van der Waals surface area contributed by atoms with Gasteiger partial charge in [0.15, 0.2) is 5.82 Å². The lowest BCUT2D eigenvalue weighted by atomic mass is 9.61. The second kappa shape index (κ2) is 10.2. The van der Waals surface area contributed by atoms with Crippen molar-refractivity contribution >= 4 is 11.7 Å². The molecule has 1 N–H and O–H groups in total. The molecule has 1 aliphatic carbocycles. The first-order valence-corrected chi connectivity index (χ1v) is 14.2. The molecular formula is C30H33FN6O4. The molecule has 11 heteroatoms. The lowest BCUT2D eigenvalue weighted by Crippen LogP contribution is -2.65. The van der Waals surface area contributed by atoms with E-state index in [1.54, 1.807) is 4.90 Å². The lowest BCUT2D eigenvalue weighted by molar-refractivity contribution is -0.0348. The van der Waals surface area contributed by atoms with Gasteiger partial charge in [0, 0.05) is 37.2 Å². The number of ether oxygens (including phenoxy) is 3. The van der Waals surface area contributed by atoms with Crippen LogP contribution in [0.25, 0.3) is 0 Å². The maximum atomic E-state index is 14.3. The molecule has 0 unspecified atom stereocenters. The molecule has 4 aliphatic rings. The summed E-state index contributed by atoms with van der Waals surface area (Å²) >= 11 is 0. The van der Waals surface area contributed by atoms with Gasteiger partial charge in [-0.25, -0.2) is 9.37 Å². The van der Waals surface area contributed by atoms with Crippen molar-refractivity contribution in [2.75, 3.05) is 31.2 Å². The van der Waals surface area contributed by atoms with Gasteiger partial charge < -0.3 is 29.3 Å². The van der Waals surface area contributed by atoms with Crippen LogP contribution in [0.3, 0.4) is 0 Å². The van der Waals surface area contributed by atoms with Crippen molar-refractivity contribution in [3.05, 3.63) is 65.2 Å². The Balaban J connectivity index is 1.04. The molecule has 1 aromatic heterocycles. The number of anilines is 1. The number of amides is 1. The Labute approximate surface area is 237 Å². The van der Waals surface area contributed by atoms with Crippen molar-refractivity contribution in [2.45, 2.75) is 58.0 Å². The maximum absolute atomic E-state index is 14.3. The van der Waals surface area contributed by atoms with E-state index in [0.717, 1.165) is 44.8 Å². The number of hydrogen-bond acceptors (Lipinski definition) is 9. The zero-order chi connectivity index (χ0) is 28.1. The highest BCUT2D eigenvalue weighted by atomic mass is 19.1. The van der Waals surface area contributed by atoms with E-state index in [1.165, 1.54) is 35.7 Å². The number of halogens is 1. The number of benzene rings is 2. The highest BCUT2D eigenvalue weighted by molar-refractivity contribution is 5.97. The summed E-state index contributed by atoms with van der Waals surface area (Å²) in [6, 6.07) is 9.91. The van der Waals surface area contributed by atoms with Crippen molar-refractivity contribution in [1.82, 2.24) is 25.4 Å². The summed E-state index contributed by atoms with van der Waals surface area (Å²) in [4.78, 5) is 21.9. The van der Waals surface area contributed by atoms with Gasteiger partial charge in [0.1, 0.15) is 29.7 Å². The van der Waals surface area contributed by atoms with Gasteiger partial charge >= 0.3 is 0 Å². The fourth-order valence-corrected chi connectivity index (χ4v) is 6.70. The normalized spacial score (nSPS) is 23.1. The molecule has 2 saturated heterocycles. The zero-order valence-electron chi connectivity index (χ0n) is 23.2. The molecule has 41 heavy (non-hydrogen) atoms. The number of nitrogens with one attached hydrogen (secondary N) is 1. The first kappa shape index (κ1) is 26.1. The third kappa shape index (κ3) is 4.76. The Kier molecular flexibility index (Phi) is 6.50. The molecule has 7 rings (SSSR count). The van der Waals surface area contributed by atoms with Crippen LogP contribution in [0.4, 0.5) is 10.2 Å². The highest BCUT2D eigenvalue weighted by Gasteiger charge is 2.54. The second-order valence-corrected chi connectivity index (χ2v) is 11.8. The first-order chi connectivity index (χ1) is 19.9. The van der Waals surface area contributed by atoms with Gasteiger partial charge in [-0.15, -0.1) is 10.2 Å². The van der Waals surface area contributed by atoms with Crippen LogP contribution in [-0.4, -0.2) is 70.5 Å². The molecule has 10 nitrogen and oxygen atoms in total. The summed E-state index contributed by atoms with van der Waals surface area (Å²) in [6.07, 6.45) is 3.53. The zero-order valence-corrected chi connectivity index (χ0v) is 23.2. The van der Waals surface area contributed by atoms with E-state index in [4.69, 9.17) is 14.2 Å². The van der Waals surface area contributed by atoms with E-state index in [2.05, 4.69) is 43.6 Å². The summed E-state index contributed by atoms with van der Waals surface area (Å²) in [7, 11) is 0. The molecule has 214 valence electrons. The lowest BCUT2D eigenvalue weighted by Gasteiger charge is -2.58. The second-order valence-electron chi connectivity index (χ2n) is 11.8. The number of rotatable bonds is 6. The Morgan fingerprint density at radius 3 is 2.71 bits per heavy atom. The van der Waals surface area contributed by atoms with Gasteiger partial charge in [-0.2, -0.15) is 0 Å². The number of fused-ring (bicyclic) bond motifs is 1. The van der Waals surface area contributed by atoms with Crippen LogP contribution in [0.15, 0.2) is 42.7 Å². The third-order valence-corrected chi connectivity index (χ3v) is 8.67. The molecule has 0 radical (unpaired) electrons. The molecule has 3 fully saturated rings. The Morgan fingerprint density at radius 2 is 1.90 bits per heavy atom. The number of carbonyl (C=O) groups excluding carboxylic acids is 1. The predicted octanol–water partition coefficient (Wildman–Crippen LogP) is 3.70. The number of hydrogen-bond donors (Lipinski definition) is 1. The fourth-order valence-electron chi connectivity index (χ4n) is 6.70. The maximum Gasteiger partial charge on any atom is 0.282 e. The van der Waals surface area contributed by atoms with E-state index >= 15 is 0 Å². The van der Waals surface area contributed by atoms with E-state index in [9.17, 15) is 9.18 Å². The Bertz CT molecular complexity index is 1460. The minimum absolute atomic E-state index is 0.129. The molecule has 1 saturated carbocycles. The molecule has 3 aromatic rings. The predicted molar refractivity (Wildman–Crippen MR) is 147 cm³/mol. The molecule has 2 aromatic carbocycles. The van der Waals surface area contributed by atoms with E-state index in [1.807, 2.05) is 13.8 Å². The standard InChI is InChI=1S/C30H33FN6O4/c1-18-13-39-14-19(2)37(18)29(38)23-8-21(31)6-7-26(23)41-28-27(33-17-34-35-28)36-15-30(16-36)9-22(10-30)40-25-5-3-4-20-11-32-12-24(20)25/h3-8,17-19,22,32H,9-16H2,1-2H3/t18-,19+. The van der Waals surface area contributed by atoms with Crippen LogP contribution < -0.4 is 19.7 Å². The largest absolute Gasteiger partial charge is 0.490 e. The van der Waals surface area contributed by atoms with Crippen molar-refractivity contribution in [3.63, 3.8) is 0 Å². The topological polar surface area (TPSA) is 102 Å². The van der Waals surface area contributed by atoms with E-state index < -0.39 is 5.82 Å². The number of morpholine rings is 1. The van der Waals surface area contributed by atoms with Crippen LogP contribution in [0, 0.1) is 11.2 Å². The van der Waals surface area contributed by atoms with Crippen LogP contribution in [0.2, 0.25) is 0 Å². The van der Waals surface area contributed by atoms with E-state index in [-0.39, 0.29) is 46.7 Å². The van der Waals surface area contributed by atoms with Crippen LogP contribution in [0.5, 0.6) is 17.4 Å². The van der Waals surface area contributed by atoms with Gasteiger partial charge in [0.2, 0.25) is 0 Å². The number of nitrogens with zero attached hydrogens (tertiary/aromatic N) is 5. The molecule has 0 bridgehead atoms. The minimum atomic E-state index is -0.519. The number of aromatic nitrogens is 3. The SMILES string of the molecule is C[C@@H]1COC[C@H](C)N1C(=O)c1cc(F)ccc1Oc1nncnc1N1CC2(CC(Oc3cccc4c3CNC4)C2)C1. The minimum Gasteiger partial charge on any atom is -0.490 e. The highest BCUT2D eigenvalue weighted by Crippen LogP contribution is 2.52. The van der Waals surface area contributed by atoms with Crippen LogP contribution >= 0.6 is 0 Å². The van der Waals surface area contributed by atoms with Gasteiger partial charge in [-0.05, 0) is 56.5 Å².